The van der Waals surface area contributed by atoms with E-state index in [9.17, 15) is 10.1 Å². The average molecular weight is 257 g/mol. The summed E-state index contributed by atoms with van der Waals surface area (Å²) >= 11 is 0. The molecule has 0 aliphatic heterocycles. The summed E-state index contributed by atoms with van der Waals surface area (Å²) in [5, 5.41) is 11.0. The molecule has 0 unspecified atom stereocenters. The molecular weight excluding hydrogens is 242 g/mol. The van der Waals surface area contributed by atoms with Crippen LogP contribution in [0.3, 0.4) is 0 Å². The summed E-state index contributed by atoms with van der Waals surface area (Å²) in [4.78, 5) is 10.7. The molecule has 0 fully saturated rings. The molecule has 0 aliphatic rings. The fourth-order valence-corrected chi connectivity index (χ4v) is 1.99. The van der Waals surface area contributed by atoms with Crippen LogP contribution in [0.5, 0.6) is 5.75 Å². The molecule has 2 rings (SSSR count). The van der Waals surface area contributed by atoms with Gasteiger partial charge in [0.05, 0.1) is 10.5 Å². The molecule has 19 heavy (non-hydrogen) atoms. The summed E-state index contributed by atoms with van der Waals surface area (Å²) in [5.41, 5.74) is 2.38. The average Bonchev–Trinajstić information content (AvgIpc) is 2.38. The molecule has 0 saturated carbocycles. The number of aryl methyl sites for hydroxylation is 1. The highest BCUT2D eigenvalue weighted by Gasteiger charge is 2.18. The van der Waals surface area contributed by atoms with Gasteiger partial charge in [0.1, 0.15) is 12.4 Å². The number of benzene rings is 2. The van der Waals surface area contributed by atoms with Crippen molar-refractivity contribution < 1.29 is 9.66 Å². The van der Waals surface area contributed by atoms with Crippen LogP contribution < -0.4 is 4.74 Å². The monoisotopic (exact) mass is 257 g/mol. The second-order valence-electron chi connectivity index (χ2n) is 4.39. The second kappa shape index (κ2) is 5.52. The maximum absolute atomic E-state index is 11.0. The molecule has 0 spiro atoms. The van der Waals surface area contributed by atoms with Gasteiger partial charge in [-0.25, -0.2) is 0 Å². The fourth-order valence-electron chi connectivity index (χ4n) is 1.99. The van der Waals surface area contributed by atoms with E-state index in [0.717, 1.165) is 5.56 Å². The van der Waals surface area contributed by atoms with Crippen LogP contribution in [0, 0.1) is 24.0 Å². The highest BCUT2D eigenvalue weighted by Crippen LogP contribution is 2.31. The first-order valence-corrected chi connectivity index (χ1v) is 6.01. The van der Waals surface area contributed by atoms with Gasteiger partial charge in [-0.1, -0.05) is 30.3 Å². The van der Waals surface area contributed by atoms with Crippen molar-refractivity contribution in [2.75, 3.05) is 0 Å². The highest BCUT2D eigenvalue weighted by molar-refractivity contribution is 5.53. The Morgan fingerprint density at radius 2 is 1.79 bits per heavy atom. The molecule has 0 heterocycles. The molecule has 0 amide bonds. The minimum atomic E-state index is -0.361. The van der Waals surface area contributed by atoms with E-state index in [-0.39, 0.29) is 10.6 Å². The second-order valence-corrected chi connectivity index (χ2v) is 4.39. The molecule has 0 radical (unpaired) electrons. The number of rotatable bonds is 4. The van der Waals surface area contributed by atoms with Crippen LogP contribution in [0.4, 0.5) is 5.69 Å². The number of nitro benzene ring substituents is 1. The van der Waals surface area contributed by atoms with Gasteiger partial charge < -0.3 is 4.74 Å². The standard InChI is InChI=1S/C15H15NO3/c1-11-8-9-14(12(2)15(11)16(17)18)19-10-13-6-4-3-5-7-13/h3-9H,10H2,1-2H3. The zero-order valence-electron chi connectivity index (χ0n) is 10.9. The van der Waals surface area contributed by atoms with Gasteiger partial charge in [0, 0.05) is 5.56 Å². The Hall–Kier alpha value is -2.36. The van der Waals surface area contributed by atoms with Crippen LogP contribution >= 0.6 is 0 Å². The summed E-state index contributed by atoms with van der Waals surface area (Å²) in [6, 6.07) is 13.2. The molecule has 0 bridgehead atoms. The Labute approximate surface area is 111 Å². The predicted molar refractivity (Wildman–Crippen MR) is 73.3 cm³/mol. The number of ether oxygens (including phenoxy) is 1. The van der Waals surface area contributed by atoms with Gasteiger partial charge in [-0.3, -0.25) is 10.1 Å². The maximum Gasteiger partial charge on any atom is 0.278 e. The zero-order valence-corrected chi connectivity index (χ0v) is 10.9. The largest absolute Gasteiger partial charge is 0.488 e. The Morgan fingerprint density at radius 3 is 2.42 bits per heavy atom. The number of nitrogens with zero attached hydrogens (tertiary/aromatic N) is 1. The van der Waals surface area contributed by atoms with Gasteiger partial charge in [0.25, 0.3) is 5.69 Å². The molecule has 98 valence electrons. The Kier molecular flexibility index (Phi) is 3.80. The SMILES string of the molecule is Cc1ccc(OCc2ccccc2)c(C)c1[N+](=O)[O-]. The van der Waals surface area contributed by atoms with Gasteiger partial charge in [-0.2, -0.15) is 0 Å². The molecule has 0 aromatic heterocycles. The Balaban J connectivity index is 2.22. The van der Waals surface area contributed by atoms with Crippen molar-refractivity contribution in [3.8, 4) is 5.75 Å². The van der Waals surface area contributed by atoms with E-state index >= 15 is 0 Å². The number of hydrogen-bond acceptors (Lipinski definition) is 3. The molecule has 0 atom stereocenters. The first kappa shape index (κ1) is 13.1. The lowest BCUT2D eigenvalue weighted by molar-refractivity contribution is -0.386. The van der Waals surface area contributed by atoms with Crippen LogP contribution in [0.15, 0.2) is 42.5 Å². The topological polar surface area (TPSA) is 52.4 Å². The van der Waals surface area contributed by atoms with E-state index in [1.165, 1.54) is 0 Å². The van der Waals surface area contributed by atoms with Crippen LogP contribution in [0.2, 0.25) is 0 Å². The molecule has 0 N–H and O–H groups in total. The molecule has 0 saturated heterocycles. The highest BCUT2D eigenvalue weighted by atomic mass is 16.6. The van der Waals surface area contributed by atoms with Crippen molar-refractivity contribution in [1.82, 2.24) is 0 Å². The van der Waals surface area contributed by atoms with Crippen molar-refractivity contribution >= 4 is 5.69 Å². The van der Waals surface area contributed by atoms with Crippen molar-refractivity contribution in [1.29, 1.82) is 0 Å². The fraction of sp³-hybridized carbons (Fsp3) is 0.200. The number of nitro groups is 1. The van der Waals surface area contributed by atoms with E-state index in [2.05, 4.69) is 0 Å². The van der Waals surface area contributed by atoms with E-state index < -0.39 is 0 Å². The van der Waals surface area contributed by atoms with Crippen molar-refractivity contribution in [2.45, 2.75) is 20.5 Å². The summed E-state index contributed by atoms with van der Waals surface area (Å²) in [6.45, 7) is 3.85. The summed E-state index contributed by atoms with van der Waals surface area (Å²) in [7, 11) is 0. The lowest BCUT2D eigenvalue weighted by Gasteiger charge is -2.10. The summed E-state index contributed by atoms with van der Waals surface area (Å²) in [5.74, 6) is 0.557. The molecule has 4 nitrogen and oxygen atoms in total. The number of hydrogen-bond donors (Lipinski definition) is 0. The van der Waals surface area contributed by atoms with Crippen LogP contribution in [-0.2, 0) is 6.61 Å². The van der Waals surface area contributed by atoms with E-state index in [0.29, 0.717) is 23.5 Å². The van der Waals surface area contributed by atoms with Gasteiger partial charge >= 0.3 is 0 Å². The van der Waals surface area contributed by atoms with Gasteiger partial charge in [-0.05, 0) is 31.5 Å². The van der Waals surface area contributed by atoms with Crippen LogP contribution in [0.25, 0.3) is 0 Å². The quantitative estimate of drug-likeness (QED) is 0.618. The van der Waals surface area contributed by atoms with E-state index in [1.807, 2.05) is 30.3 Å². The minimum Gasteiger partial charge on any atom is -0.488 e. The van der Waals surface area contributed by atoms with Crippen LogP contribution in [-0.4, -0.2) is 4.92 Å². The predicted octanol–water partition coefficient (Wildman–Crippen LogP) is 3.79. The molecule has 4 heteroatoms. The third-order valence-electron chi connectivity index (χ3n) is 3.00. The normalized spacial score (nSPS) is 10.2. The van der Waals surface area contributed by atoms with E-state index in [1.54, 1.807) is 26.0 Å². The third kappa shape index (κ3) is 2.91. The summed E-state index contributed by atoms with van der Waals surface area (Å²) in [6.07, 6.45) is 0. The van der Waals surface area contributed by atoms with Gasteiger partial charge in [-0.15, -0.1) is 0 Å². The molecule has 0 aliphatic carbocycles. The summed E-state index contributed by atoms with van der Waals surface area (Å²) < 4.78 is 5.66. The first-order chi connectivity index (χ1) is 9.09. The van der Waals surface area contributed by atoms with Crippen molar-refractivity contribution in [3.05, 3.63) is 69.3 Å². The smallest absolute Gasteiger partial charge is 0.278 e. The van der Waals surface area contributed by atoms with Gasteiger partial charge in [0.15, 0.2) is 0 Å². The first-order valence-electron chi connectivity index (χ1n) is 6.01. The minimum absolute atomic E-state index is 0.130. The lowest BCUT2D eigenvalue weighted by Crippen LogP contribution is -2.01. The maximum atomic E-state index is 11.0. The van der Waals surface area contributed by atoms with Crippen LogP contribution in [0.1, 0.15) is 16.7 Å². The molecular formula is C15H15NO3. The molecule has 2 aromatic rings. The molecule has 2 aromatic carbocycles. The third-order valence-corrected chi connectivity index (χ3v) is 3.00. The zero-order chi connectivity index (χ0) is 13.8. The van der Waals surface area contributed by atoms with Crippen molar-refractivity contribution in [3.63, 3.8) is 0 Å². The lowest BCUT2D eigenvalue weighted by atomic mass is 10.1. The van der Waals surface area contributed by atoms with E-state index in [4.69, 9.17) is 4.74 Å². The Morgan fingerprint density at radius 1 is 1.11 bits per heavy atom. The van der Waals surface area contributed by atoms with Crippen molar-refractivity contribution in [2.24, 2.45) is 0 Å². The Bertz CT molecular complexity index is 594. The van der Waals surface area contributed by atoms with Gasteiger partial charge in [0.2, 0.25) is 0 Å².